The van der Waals surface area contributed by atoms with Crippen LogP contribution in [0.25, 0.3) is 11.0 Å². The van der Waals surface area contributed by atoms with Crippen molar-refractivity contribution in [1.82, 2.24) is 15.0 Å². The van der Waals surface area contributed by atoms with Crippen molar-refractivity contribution in [3.8, 4) is 0 Å². The molecule has 0 radical (unpaired) electrons. The van der Waals surface area contributed by atoms with E-state index in [2.05, 4.69) is 26.1 Å². The zero-order chi connectivity index (χ0) is 16.7. The Hall–Kier alpha value is -2.19. The highest BCUT2D eigenvalue weighted by atomic mass is 79.9. The molecular weight excluding hydrogens is 378 g/mol. The summed E-state index contributed by atoms with van der Waals surface area (Å²) in [5, 5.41) is 4.72. The molecule has 0 aliphatic carbocycles. The lowest BCUT2D eigenvalue weighted by Gasteiger charge is -2.32. The molecule has 0 bridgehead atoms. The molecule has 8 heteroatoms. The van der Waals surface area contributed by atoms with Crippen LogP contribution in [0, 0.1) is 6.92 Å². The fraction of sp³-hybridized carbons (Fsp3) is 0.312. The molecule has 2 aromatic heterocycles. The number of aryl methyl sites for hydroxylation is 1. The number of nitrogens with zero attached hydrogens (tertiary/aromatic N) is 3. The van der Waals surface area contributed by atoms with Crippen LogP contribution in [0.1, 0.15) is 28.0 Å². The van der Waals surface area contributed by atoms with Gasteiger partial charge in [-0.15, -0.1) is 0 Å². The number of rotatable bonds is 2. The normalized spacial score (nSPS) is 18.2. The number of carbonyl (C=O) groups excluding carboxylic acids is 1. The molecule has 1 atom stereocenters. The number of benzene rings is 1. The summed E-state index contributed by atoms with van der Waals surface area (Å²) in [6.45, 7) is 3.18. The van der Waals surface area contributed by atoms with Gasteiger partial charge in [-0.3, -0.25) is 4.79 Å². The van der Waals surface area contributed by atoms with Gasteiger partial charge < -0.3 is 18.6 Å². The first-order valence-corrected chi connectivity index (χ1v) is 8.27. The summed E-state index contributed by atoms with van der Waals surface area (Å²) in [6, 6.07) is 5.26. The third-order valence-electron chi connectivity index (χ3n) is 4.04. The molecular formula is C16H14BrN3O4. The van der Waals surface area contributed by atoms with E-state index in [0.717, 1.165) is 15.4 Å². The molecule has 0 spiro atoms. The van der Waals surface area contributed by atoms with E-state index in [1.807, 2.05) is 19.1 Å². The summed E-state index contributed by atoms with van der Waals surface area (Å²) >= 11 is 3.46. The standard InChI is InChI=1S/C16H14BrN3O4/c1-9-4-11(17)5-10-6-13(24-14(9)10)16(21)20-2-3-22-7-12(20)15-18-8-23-19-15/h4-6,8,12H,2-3,7H2,1H3. The van der Waals surface area contributed by atoms with Crippen LogP contribution in [0.5, 0.6) is 0 Å². The van der Waals surface area contributed by atoms with Crippen molar-refractivity contribution in [2.24, 2.45) is 0 Å². The molecule has 4 rings (SSSR count). The van der Waals surface area contributed by atoms with Crippen molar-refractivity contribution in [2.45, 2.75) is 13.0 Å². The highest BCUT2D eigenvalue weighted by Crippen LogP contribution is 2.29. The Labute approximate surface area is 145 Å². The molecule has 1 saturated heterocycles. The molecule has 1 aliphatic rings. The van der Waals surface area contributed by atoms with Gasteiger partial charge in [0.25, 0.3) is 5.91 Å². The summed E-state index contributed by atoms with van der Waals surface area (Å²) in [5.41, 5.74) is 1.68. The van der Waals surface area contributed by atoms with E-state index in [1.165, 1.54) is 6.39 Å². The minimum absolute atomic E-state index is 0.208. The van der Waals surface area contributed by atoms with Gasteiger partial charge >= 0.3 is 0 Å². The molecule has 1 unspecified atom stereocenters. The summed E-state index contributed by atoms with van der Waals surface area (Å²) in [6.07, 6.45) is 1.24. The van der Waals surface area contributed by atoms with Gasteiger partial charge in [-0.1, -0.05) is 21.1 Å². The molecule has 0 N–H and O–H groups in total. The van der Waals surface area contributed by atoms with Crippen LogP contribution in [0.3, 0.4) is 0 Å². The number of morpholine rings is 1. The fourth-order valence-electron chi connectivity index (χ4n) is 2.92. The molecule has 1 aromatic carbocycles. The summed E-state index contributed by atoms with van der Waals surface area (Å²) in [7, 11) is 0. The van der Waals surface area contributed by atoms with Crippen molar-refractivity contribution < 1.29 is 18.5 Å². The van der Waals surface area contributed by atoms with Crippen LogP contribution < -0.4 is 0 Å². The molecule has 124 valence electrons. The average Bonchev–Trinajstić information content (AvgIpc) is 3.23. The van der Waals surface area contributed by atoms with Crippen LogP contribution >= 0.6 is 15.9 Å². The molecule has 3 heterocycles. The zero-order valence-corrected chi connectivity index (χ0v) is 14.4. The highest BCUT2D eigenvalue weighted by Gasteiger charge is 2.33. The third kappa shape index (κ3) is 2.61. The SMILES string of the molecule is Cc1cc(Br)cc2cc(C(=O)N3CCOCC3c3ncon3)oc12. The highest BCUT2D eigenvalue weighted by molar-refractivity contribution is 9.10. The van der Waals surface area contributed by atoms with E-state index in [1.54, 1.807) is 11.0 Å². The van der Waals surface area contributed by atoms with Crippen molar-refractivity contribution in [3.63, 3.8) is 0 Å². The van der Waals surface area contributed by atoms with Crippen LogP contribution in [-0.4, -0.2) is 40.7 Å². The van der Waals surface area contributed by atoms with Crippen LogP contribution in [0.2, 0.25) is 0 Å². The first kappa shape index (κ1) is 15.3. The lowest BCUT2D eigenvalue weighted by molar-refractivity contribution is -0.00718. The Kier molecular flexibility index (Phi) is 3.85. The van der Waals surface area contributed by atoms with Gasteiger partial charge in [-0.05, 0) is 30.7 Å². The average molecular weight is 392 g/mol. The van der Waals surface area contributed by atoms with Gasteiger partial charge in [-0.25, -0.2) is 0 Å². The lowest BCUT2D eigenvalue weighted by Crippen LogP contribution is -2.43. The lowest BCUT2D eigenvalue weighted by atomic mass is 10.1. The molecule has 7 nitrogen and oxygen atoms in total. The van der Waals surface area contributed by atoms with Gasteiger partial charge in [-0.2, -0.15) is 4.98 Å². The van der Waals surface area contributed by atoms with Gasteiger partial charge in [0.15, 0.2) is 11.6 Å². The van der Waals surface area contributed by atoms with Gasteiger partial charge in [0, 0.05) is 16.4 Å². The van der Waals surface area contributed by atoms with Crippen molar-refractivity contribution in [2.75, 3.05) is 19.8 Å². The second-order valence-electron chi connectivity index (χ2n) is 5.63. The molecule has 1 fully saturated rings. The molecule has 1 amide bonds. The number of hydrogen-bond donors (Lipinski definition) is 0. The number of aromatic nitrogens is 2. The van der Waals surface area contributed by atoms with E-state index < -0.39 is 0 Å². The minimum atomic E-state index is -0.383. The Balaban J connectivity index is 1.70. The summed E-state index contributed by atoms with van der Waals surface area (Å²) in [4.78, 5) is 18.7. The topological polar surface area (TPSA) is 81.6 Å². The smallest absolute Gasteiger partial charge is 0.290 e. The van der Waals surface area contributed by atoms with Crippen molar-refractivity contribution in [3.05, 3.63) is 46.2 Å². The maximum Gasteiger partial charge on any atom is 0.290 e. The predicted molar refractivity (Wildman–Crippen MR) is 87.5 cm³/mol. The first-order valence-electron chi connectivity index (χ1n) is 7.48. The van der Waals surface area contributed by atoms with E-state index in [0.29, 0.717) is 36.9 Å². The van der Waals surface area contributed by atoms with Crippen LogP contribution in [-0.2, 0) is 4.74 Å². The van der Waals surface area contributed by atoms with E-state index in [-0.39, 0.29) is 11.9 Å². The Morgan fingerprint density at radius 3 is 3.04 bits per heavy atom. The molecule has 1 aliphatic heterocycles. The third-order valence-corrected chi connectivity index (χ3v) is 4.50. The first-order chi connectivity index (χ1) is 11.6. The quantitative estimate of drug-likeness (QED) is 0.667. The Morgan fingerprint density at radius 1 is 1.38 bits per heavy atom. The van der Waals surface area contributed by atoms with Crippen LogP contribution in [0.4, 0.5) is 0 Å². The summed E-state index contributed by atoms with van der Waals surface area (Å²) in [5.74, 6) is 0.513. The number of halogens is 1. The maximum atomic E-state index is 12.9. The van der Waals surface area contributed by atoms with E-state index in [9.17, 15) is 4.79 Å². The predicted octanol–water partition coefficient (Wildman–Crippen LogP) is 3.10. The molecule has 24 heavy (non-hydrogen) atoms. The number of ether oxygens (including phenoxy) is 1. The maximum absolute atomic E-state index is 12.9. The van der Waals surface area contributed by atoms with Crippen molar-refractivity contribution >= 4 is 32.8 Å². The monoisotopic (exact) mass is 391 g/mol. The zero-order valence-electron chi connectivity index (χ0n) is 12.9. The van der Waals surface area contributed by atoms with Gasteiger partial charge in [0.2, 0.25) is 6.39 Å². The minimum Gasteiger partial charge on any atom is -0.451 e. The fourth-order valence-corrected chi connectivity index (χ4v) is 3.51. The Bertz CT molecular complexity index is 890. The molecule has 3 aromatic rings. The van der Waals surface area contributed by atoms with Crippen molar-refractivity contribution in [1.29, 1.82) is 0 Å². The number of amides is 1. The van der Waals surface area contributed by atoms with Gasteiger partial charge in [0.1, 0.15) is 11.6 Å². The van der Waals surface area contributed by atoms with E-state index >= 15 is 0 Å². The number of furan rings is 1. The van der Waals surface area contributed by atoms with E-state index in [4.69, 9.17) is 13.7 Å². The largest absolute Gasteiger partial charge is 0.451 e. The number of hydrogen-bond acceptors (Lipinski definition) is 6. The second kappa shape index (κ2) is 6.03. The number of fused-ring (bicyclic) bond motifs is 1. The van der Waals surface area contributed by atoms with Crippen LogP contribution in [0.15, 0.2) is 38.0 Å². The van der Waals surface area contributed by atoms with Gasteiger partial charge in [0.05, 0.1) is 13.2 Å². The second-order valence-corrected chi connectivity index (χ2v) is 6.55. The summed E-state index contributed by atoms with van der Waals surface area (Å²) < 4.78 is 17.0. The molecule has 0 saturated carbocycles. The number of carbonyl (C=O) groups is 1. The Morgan fingerprint density at radius 2 is 2.25 bits per heavy atom.